The first-order valence-electron chi connectivity index (χ1n) is 12.3. The molecule has 0 radical (unpaired) electrons. The average molecular weight is 575 g/mol. The SMILES string of the molecule is CCCS(=O)(=O)N1Cc2cc(-c3ccncc3)ccc2N(Cc2cnc[nH]2)C[C@H]1Cc1ccccc1.Cl.Cl. The van der Waals surface area contributed by atoms with E-state index in [2.05, 4.69) is 50.2 Å². The van der Waals surface area contributed by atoms with E-state index < -0.39 is 10.0 Å². The number of benzene rings is 2. The number of pyridine rings is 1. The van der Waals surface area contributed by atoms with Crippen LogP contribution in [0, 0.1) is 0 Å². The minimum Gasteiger partial charge on any atom is -0.364 e. The lowest BCUT2D eigenvalue weighted by molar-refractivity contribution is 0.318. The number of hydrogen-bond acceptors (Lipinski definition) is 5. The summed E-state index contributed by atoms with van der Waals surface area (Å²) in [4.78, 5) is 13.8. The topological polar surface area (TPSA) is 82.2 Å². The van der Waals surface area contributed by atoms with Gasteiger partial charge in [-0.25, -0.2) is 13.4 Å². The Morgan fingerprint density at radius 3 is 2.42 bits per heavy atom. The molecule has 202 valence electrons. The van der Waals surface area contributed by atoms with Gasteiger partial charge in [-0.1, -0.05) is 43.3 Å². The molecule has 2 aromatic heterocycles. The van der Waals surface area contributed by atoms with Crippen LogP contribution in [-0.4, -0.2) is 46.0 Å². The molecule has 0 spiro atoms. The molecule has 0 unspecified atom stereocenters. The zero-order valence-electron chi connectivity index (χ0n) is 21.2. The van der Waals surface area contributed by atoms with Crippen LogP contribution < -0.4 is 4.90 Å². The lowest BCUT2D eigenvalue weighted by atomic mass is 10.0. The molecule has 1 aliphatic rings. The zero-order chi connectivity index (χ0) is 25.0. The molecule has 0 saturated heterocycles. The van der Waals surface area contributed by atoms with Gasteiger partial charge in [-0.2, -0.15) is 4.31 Å². The summed E-state index contributed by atoms with van der Waals surface area (Å²) in [6.45, 7) is 3.46. The van der Waals surface area contributed by atoms with Crippen LogP contribution in [0.2, 0.25) is 0 Å². The Labute approximate surface area is 237 Å². The van der Waals surface area contributed by atoms with E-state index in [1.807, 2.05) is 43.5 Å². The van der Waals surface area contributed by atoms with Crippen LogP contribution in [0.3, 0.4) is 0 Å². The van der Waals surface area contributed by atoms with Gasteiger partial charge in [0.05, 0.1) is 24.3 Å². The van der Waals surface area contributed by atoms with Gasteiger partial charge in [-0.05, 0) is 59.4 Å². The number of H-pyrrole nitrogens is 1. The summed E-state index contributed by atoms with van der Waals surface area (Å²) in [6, 6.07) is 20.3. The molecular weight excluding hydrogens is 541 g/mol. The fraction of sp³-hybridized carbons (Fsp3) is 0.286. The number of aromatic amines is 1. The Hall–Kier alpha value is -2.91. The van der Waals surface area contributed by atoms with Gasteiger partial charge in [-0.3, -0.25) is 4.98 Å². The molecule has 5 rings (SSSR count). The van der Waals surface area contributed by atoms with Crippen molar-refractivity contribution >= 4 is 40.5 Å². The van der Waals surface area contributed by atoms with E-state index in [0.29, 0.717) is 32.5 Å². The van der Waals surface area contributed by atoms with Gasteiger partial charge in [0, 0.05) is 43.4 Å². The average Bonchev–Trinajstić information content (AvgIpc) is 3.35. The van der Waals surface area contributed by atoms with Crippen molar-refractivity contribution in [3.05, 3.63) is 102 Å². The van der Waals surface area contributed by atoms with Crippen molar-refractivity contribution in [2.75, 3.05) is 17.2 Å². The molecule has 0 fully saturated rings. The number of nitrogens with zero attached hydrogens (tertiary/aromatic N) is 4. The number of fused-ring (bicyclic) bond motifs is 1. The van der Waals surface area contributed by atoms with Crippen LogP contribution in [0.15, 0.2) is 85.6 Å². The highest BCUT2D eigenvalue weighted by molar-refractivity contribution is 7.89. The molecule has 1 atom stereocenters. The molecule has 0 aliphatic carbocycles. The van der Waals surface area contributed by atoms with E-state index in [-0.39, 0.29) is 36.6 Å². The standard InChI is InChI=1S/C28H31N5O2S.2ClH/c1-2-14-36(34,35)33-18-25-16-24(23-10-12-29-13-11-23)8-9-28(25)32(19-26-17-30-21-31-26)20-27(33)15-22-6-4-3-5-7-22;;/h3-13,16-17,21,27H,2,14-15,18-20H2,1H3,(H,30,31);2*1H/t27-;;/m1../s1. The first-order chi connectivity index (χ1) is 17.5. The predicted molar refractivity (Wildman–Crippen MR) is 157 cm³/mol. The fourth-order valence-corrected chi connectivity index (χ4v) is 6.65. The van der Waals surface area contributed by atoms with Gasteiger partial charge < -0.3 is 9.88 Å². The molecule has 4 aromatic rings. The molecular formula is C28H33Cl2N5O2S. The van der Waals surface area contributed by atoms with E-state index in [9.17, 15) is 8.42 Å². The lowest BCUT2D eigenvalue weighted by Crippen LogP contribution is -2.46. The van der Waals surface area contributed by atoms with Gasteiger partial charge in [-0.15, -0.1) is 24.8 Å². The summed E-state index contributed by atoms with van der Waals surface area (Å²) in [7, 11) is -3.46. The molecule has 2 aromatic carbocycles. The molecule has 7 nitrogen and oxygen atoms in total. The van der Waals surface area contributed by atoms with Crippen LogP contribution >= 0.6 is 24.8 Å². The third-order valence-electron chi connectivity index (χ3n) is 6.65. The number of aromatic nitrogens is 3. The highest BCUT2D eigenvalue weighted by Gasteiger charge is 2.35. The van der Waals surface area contributed by atoms with Crippen molar-refractivity contribution in [1.82, 2.24) is 19.3 Å². The molecule has 0 bridgehead atoms. The second kappa shape index (κ2) is 13.2. The Bertz CT molecular complexity index is 1390. The van der Waals surface area contributed by atoms with Crippen LogP contribution in [0.5, 0.6) is 0 Å². The van der Waals surface area contributed by atoms with Gasteiger partial charge in [0.2, 0.25) is 10.0 Å². The van der Waals surface area contributed by atoms with Crippen molar-refractivity contribution in [2.24, 2.45) is 0 Å². The van der Waals surface area contributed by atoms with Crippen molar-refractivity contribution in [1.29, 1.82) is 0 Å². The van der Waals surface area contributed by atoms with Crippen LogP contribution in [0.1, 0.15) is 30.2 Å². The summed E-state index contributed by atoms with van der Waals surface area (Å²) >= 11 is 0. The van der Waals surface area contributed by atoms with E-state index in [1.165, 1.54) is 0 Å². The highest BCUT2D eigenvalue weighted by Crippen LogP contribution is 2.34. The van der Waals surface area contributed by atoms with Gasteiger partial charge in [0.25, 0.3) is 0 Å². The Morgan fingerprint density at radius 2 is 1.74 bits per heavy atom. The summed E-state index contributed by atoms with van der Waals surface area (Å²) in [5, 5.41) is 0. The smallest absolute Gasteiger partial charge is 0.214 e. The predicted octanol–water partition coefficient (Wildman–Crippen LogP) is 5.49. The third kappa shape index (κ3) is 6.74. The molecule has 0 amide bonds. The van der Waals surface area contributed by atoms with Crippen molar-refractivity contribution in [3.8, 4) is 11.1 Å². The second-order valence-corrected chi connectivity index (χ2v) is 11.3. The van der Waals surface area contributed by atoms with Gasteiger partial charge >= 0.3 is 0 Å². The first kappa shape index (κ1) is 29.6. The highest BCUT2D eigenvalue weighted by atomic mass is 35.5. The van der Waals surface area contributed by atoms with Crippen LogP contribution in [0.25, 0.3) is 11.1 Å². The number of nitrogens with one attached hydrogen (secondary N) is 1. The minimum atomic E-state index is -3.46. The normalized spacial score (nSPS) is 15.6. The molecule has 10 heteroatoms. The van der Waals surface area contributed by atoms with E-state index in [4.69, 9.17) is 0 Å². The molecule has 1 aliphatic heterocycles. The number of rotatable bonds is 8. The minimum absolute atomic E-state index is 0. The second-order valence-electron chi connectivity index (χ2n) is 9.24. The van der Waals surface area contributed by atoms with Crippen LogP contribution in [-0.2, 0) is 29.5 Å². The van der Waals surface area contributed by atoms with E-state index >= 15 is 0 Å². The maximum Gasteiger partial charge on any atom is 0.214 e. The van der Waals surface area contributed by atoms with Crippen molar-refractivity contribution < 1.29 is 8.42 Å². The summed E-state index contributed by atoms with van der Waals surface area (Å²) in [5.74, 6) is 0.137. The maximum atomic E-state index is 13.6. The van der Waals surface area contributed by atoms with Crippen molar-refractivity contribution in [2.45, 2.75) is 38.9 Å². The summed E-state index contributed by atoms with van der Waals surface area (Å²) in [5.41, 5.74) is 6.27. The third-order valence-corrected chi connectivity index (χ3v) is 8.71. The lowest BCUT2D eigenvalue weighted by Gasteiger charge is -2.32. The monoisotopic (exact) mass is 573 g/mol. The molecule has 0 saturated carbocycles. The Balaban J connectivity index is 0.00000200. The Kier molecular flexibility index (Phi) is 10.3. The Morgan fingerprint density at radius 1 is 0.974 bits per heavy atom. The molecule has 3 heterocycles. The zero-order valence-corrected chi connectivity index (χ0v) is 23.7. The largest absolute Gasteiger partial charge is 0.364 e. The van der Waals surface area contributed by atoms with E-state index in [1.54, 1.807) is 23.0 Å². The number of imidazole rings is 1. The number of sulfonamides is 1. The number of hydrogen-bond donors (Lipinski definition) is 1. The van der Waals surface area contributed by atoms with Gasteiger partial charge in [0.15, 0.2) is 0 Å². The summed E-state index contributed by atoms with van der Waals surface area (Å²) < 4.78 is 29.0. The molecule has 38 heavy (non-hydrogen) atoms. The number of halogens is 2. The fourth-order valence-electron chi connectivity index (χ4n) is 4.97. The van der Waals surface area contributed by atoms with E-state index in [0.717, 1.165) is 33.6 Å². The van der Waals surface area contributed by atoms with Crippen molar-refractivity contribution in [3.63, 3.8) is 0 Å². The van der Waals surface area contributed by atoms with Gasteiger partial charge in [0.1, 0.15) is 0 Å². The van der Waals surface area contributed by atoms with Crippen LogP contribution in [0.4, 0.5) is 5.69 Å². The summed E-state index contributed by atoms with van der Waals surface area (Å²) in [6.07, 6.45) is 8.29. The molecule has 1 N–H and O–H groups in total. The maximum absolute atomic E-state index is 13.6. The first-order valence-corrected chi connectivity index (χ1v) is 13.9. The quantitative estimate of drug-likeness (QED) is 0.301. The number of anilines is 1.